The van der Waals surface area contributed by atoms with Gasteiger partial charge in [-0.1, -0.05) is 54.6 Å². The first-order valence-electron chi connectivity index (χ1n) is 12.0. The van der Waals surface area contributed by atoms with E-state index >= 15 is 0 Å². The van der Waals surface area contributed by atoms with Crippen molar-refractivity contribution in [2.24, 2.45) is 0 Å². The van der Waals surface area contributed by atoms with Gasteiger partial charge in [-0.25, -0.2) is 9.97 Å². The molecule has 1 unspecified atom stereocenters. The summed E-state index contributed by atoms with van der Waals surface area (Å²) in [5.41, 5.74) is 4.26. The van der Waals surface area contributed by atoms with E-state index in [0.717, 1.165) is 34.0 Å². The van der Waals surface area contributed by atoms with Gasteiger partial charge >= 0.3 is 6.18 Å². The van der Waals surface area contributed by atoms with Crippen LogP contribution in [0.1, 0.15) is 40.2 Å². The number of halogens is 3. The lowest BCUT2D eigenvalue weighted by atomic mass is 9.76. The second-order valence-corrected chi connectivity index (χ2v) is 10.8. The third kappa shape index (κ3) is 5.71. The van der Waals surface area contributed by atoms with E-state index in [1.54, 1.807) is 18.3 Å². The zero-order valence-corrected chi connectivity index (χ0v) is 20.9. The van der Waals surface area contributed by atoms with Crippen LogP contribution in [0.2, 0.25) is 0 Å². The Labute approximate surface area is 218 Å². The highest BCUT2D eigenvalue weighted by Gasteiger charge is 2.37. The number of hydrogen-bond acceptors (Lipinski definition) is 5. The van der Waals surface area contributed by atoms with E-state index < -0.39 is 27.8 Å². The fourth-order valence-corrected chi connectivity index (χ4v) is 5.38. The van der Waals surface area contributed by atoms with Crippen LogP contribution in [-0.4, -0.2) is 28.7 Å². The van der Waals surface area contributed by atoms with Gasteiger partial charge in [-0.05, 0) is 59.7 Å². The third-order valence-electron chi connectivity index (χ3n) is 6.60. The van der Waals surface area contributed by atoms with Gasteiger partial charge in [-0.2, -0.15) is 21.6 Å². The van der Waals surface area contributed by atoms with Crippen LogP contribution in [-0.2, 0) is 29.1 Å². The number of anilines is 2. The maximum absolute atomic E-state index is 13.8. The van der Waals surface area contributed by atoms with Crippen molar-refractivity contribution in [3.8, 4) is 11.3 Å². The Hall–Kier alpha value is -3.76. The molecule has 38 heavy (non-hydrogen) atoms. The summed E-state index contributed by atoms with van der Waals surface area (Å²) in [6, 6.07) is 20.4. The summed E-state index contributed by atoms with van der Waals surface area (Å²) in [5, 5.41) is 3.16. The Balaban J connectivity index is 1.40. The van der Waals surface area contributed by atoms with Crippen LogP contribution in [0, 0.1) is 0 Å². The minimum Gasteiger partial charge on any atom is -0.324 e. The minimum atomic E-state index is -4.46. The van der Waals surface area contributed by atoms with Gasteiger partial charge in [0.1, 0.15) is 0 Å². The second-order valence-electron chi connectivity index (χ2n) is 9.21. The molecule has 0 bridgehead atoms. The molecule has 0 fully saturated rings. The predicted molar refractivity (Wildman–Crippen MR) is 139 cm³/mol. The van der Waals surface area contributed by atoms with E-state index in [1.165, 1.54) is 6.07 Å². The standard InChI is InChI=1S/C28H24F3N3O3S/c29-28(30,31)25-10-4-3-8-22(25)24-16-19-17-32-27(34-26(19)23-9-2-1-7-21(23)24)33-20-13-11-18(12-14-20)6-5-15-38(35,36)37/h1-4,7-14,17,24H,5-6,15-16H2,(H,32,33,34)(H,35,36,37). The highest BCUT2D eigenvalue weighted by Crippen LogP contribution is 2.45. The Morgan fingerprint density at radius 1 is 0.947 bits per heavy atom. The molecule has 0 saturated heterocycles. The number of nitrogens with zero attached hydrogens (tertiary/aromatic N) is 2. The Morgan fingerprint density at radius 2 is 1.63 bits per heavy atom. The number of aryl methyl sites for hydroxylation is 1. The summed E-state index contributed by atoms with van der Waals surface area (Å²) in [6.07, 6.45) is -1.63. The topological polar surface area (TPSA) is 92.2 Å². The van der Waals surface area contributed by atoms with Gasteiger partial charge in [0.15, 0.2) is 0 Å². The molecule has 4 aromatic rings. The minimum absolute atomic E-state index is 0.233. The van der Waals surface area contributed by atoms with E-state index in [-0.39, 0.29) is 11.3 Å². The van der Waals surface area contributed by atoms with Gasteiger partial charge in [-0.3, -0.25) is 4.55 Å². The van der Waals surface area contributed by atoms with Gasteiger partial charge in [0.2, 0.25) is 5.95 Å². The zero-order valence-electron chi connectivity index (χ0n) is 20.1. The van der Waals surface area contributed by atoms with Crippen molar-refractivity contribution in [2.45, 2.75) is 31.4 Å². The number of benzene rings is 3. The Morgan fingerprint density at radius 3 is 2.34 bits per heavy atom. The van der Waals surface area contributed by atoms with Crippen molar-refractivity contribution in [3.05, 3.63) is 107 Å². The van der Waals surface area contributed by atoms with Crippen LogP contribution in [0.3, 0.4) is 0 Å². The summed E-state index contributed by atoms with van der Waals surface area (Å²) in [5.74, 6) is -0.417. The molecule has 2 N–H and O–H groups in total. The van der Waals surface area contributed by atoms with Gasteiger partial charge < -0.3 is 5.32 Å². The largest absolute Gasteiger partial charge is 0.416 e. The number of aromatic nitrogens is 2. The molecule has 0 aliphatic heterocycles. The molecule has 5 rings (SSSR count). The van der Waals surface area contributed by atoms with Crippen molar-refractivity contribution >= 4 is 21.8 Å². The lowest BCUT2D eigenvalue weighted by Crippen LogP contribution is -2.19. The molecule has 0 spiro atoms. The number of nitrogens with one attached hydrogen (secondary N) is 1. The maximum atomic E-state index is 13.8. The van der Waals surface area contributed by atoms with Gasteiger partial charge in [0.05, 0.1) is 17.0 Å². The predicted octanol–water partition coefficient (Wildman–Crippen LogP) is 6.41. The van der Waals surface area contributed by atoms with Crippen molar-refractivity contribution in [1.82, 2.24) is 9.97 Å². The number of alkyl halides is 3. The zero-order chi connectivity index (χ0) is 26.9. The average Bonchev–Trinajstić information content (AvgIpc) is 2.88. The van der Waals surface area contributed by atoms with Gasteiger partial charge in [-0.15, -0.1) is 0 Å². The highest BCUT2D eigenvalue weighted by molar-refractivity contribution is 7.85. The molecule has 3 aromatic carbocycles. The summed E-state index contributed by atoms with van der Waals surface area (Å²) < 4.78 is 72.1. The first kappa shape index (κ1) is 25.9. The number of hydrogen-bond donors (Lipinski definition) is 2. The molecular weight excluding hydrogens is 515 g/mol. The lowest BCUT2D eigenvalue weighted by molar-refractivity contribution is -0.138. The fourth-order valence-electron chi connectivity index (χ4n) is 4.88. The molecule has 1 aromatic heterocycles. The Kier molecular flexibility index (Phi) is 6.93. The van der Waals surface area contributed by atoms with Crippen molar-refractivity contribution in [1.29, 1.82) is 0 Å². The van der Waals surface area contributed by atoms with E-state index in [2.05, 4.69) is 10.3 Å². The van der Waals surface area contributed by atoms with E-state index in [9.17, 15) is 21.6 Å². The van der Waals surface area contributed by atoms with Gasteiger partial charge in [0, 0.05) is 23.4 Å². The molecular formula is C28H24F3N3O3S. The van der Waals surface area contributed by atoms with Crippen molar-refractivity contribution in [3.63, 3.8) is 0 Å². The molecule has 196 valence electrons. The fraction of sp³-hybridized carbons (Fsp3) is 0.214. The van der Waals surface area contributed by atoms with Crippen LogP contribution in [0.15, 0.2) is 79.0 Å². The molecule has 10 heteroatoms. The van der Waals surface area contributed by atoms with Crippen LogP contribution in [0.5, 0.6) is 0 Å². The SMILES string of the molecule is O=S(=O)(O)CCCc1ccc(Nc2ncc3c(n2)-c2ccccc2C(c2ccccc2C(F)(F)F)C3)cc1. The van der Waals surface area contributed by atoms with Crippen LogP contribution < -0.4 is 5.32 Å². The maximum Gasteiger partial charge on any atom is 0.416 e. The van der Waals surface area contributed by atoms with Crippen LogP contribution in [0.4, 0.5) is 24.8 Å². The molecule has 1 heterocycles. The molecule has 1 aliphatic rings. The Bertz CT molecular complexity index is 1570. The molecule has 0 radical (unpaired) electrons. The quantitative estimate of drug-likeness (QED) is 0.264. The van der Waals surface area contributed by atoms with Crippen LogP contribution in [0.25, 0.3) is 11.3 Å². The molecule has 6 nitrogen and oxygen atoms in total. The molecule has 1 atom stereocenters. The number of rotatable bonds is 7. The summed E-state index contributed by atoms with van der Waals surface area (Å²) in [7, 11) is -3.98. The van der Waals surface area contributed by atoms with Crippen molar-refractivity contribution < 1.29 is 26.1 Å². The average molecular weight is 540 g/mol. The van der Waals surface area contributed by atoms with E-state index in [4.69, 9.17) is 9.54 Å². The molecule has 1 aliphatic carbocycles. The smallest absolute Gasteiger partial charge is 0.324 e. The first-order chi connectivity index (χ1) is 18.1. The highest BCUT2D eigenvalue weighted by atomic mass is 32.2. The summed E-state index contributed by atoms with van der Waals surface area (Å²) >= 11 is 0. The number of fused-ring (bicyclic) bond motifs is 3. The monoisotopic (exact) mass is 539 g/mol. The van der Waals surface area contributed by atoms with E-state index in [0.29, 0.717) is 30.9 Å². The summed E-state index contributed by atoms with van der Waals surface area (Å²) in [4.78, 5) is 9.13. The van der Waals surface area contributed by atoms with E-state index in [1.807, 2.05) is 48.5 Å². The second kappa shape index (κ2) is 10.2. The third-order valence-corrected chi connectivity index (χ3v) is 7.40. The van der Waals surface area contributed by atoms with Crippen LogP contribution >= 0.6 is 0 Å². The van der Waals surface area contributed by atoms with Crippen molar-refractivity contribution in [2.75, 3.05) is 11.1 Å². The normalized spacial score (nSPS) is 15.0. The first-order valence-corrected chi connectivity index (χ1v) is 13.6. The van der Waals surface area contributed by atoms with Gasteiger partial charge in [0.25, 0.3) is 10.1 Å². The molecule has 0 saturated carbocycles. The summed E-state index contributed by atoms with van der Waals surface area (Å²) in [6.45, 7) is 0. The molecule has 0 amide bonds. The lowest BCUT2D eigenvalue weighted by Gasteiger charge is -2.29.